The molecule has 1 aliphatic heterocycles. The van der Waals surface area contributed by atoms with E-state index in [-0.39, 0.29) is 12.3 Å². The summed E-state index contributed by atoms with van der Waals surface area (Å²) in [4.78, 5) is 0.954. The van der Waals surface area contributed by atoms with Crippen LogP contribution in [-0.4, -0.2) is 20.8 Å². The molecule has 1 heterocycles. The minimum Gasteiger partial charge on any atom is -0.495 e. The SMILES string of the molecule is COc1ccccc1NC1CCOc2cc(C(NCc3ccc(S)cc3)OC)ccc21. The third kappa shape index (κ3) is 5.15. The third-order valence-corrected chi connectivity index (χ3v) is 5.78. The fraction of sp³-hybridized carbons (Fsp3) is 0.280. The number of nitrogens with one attached hydrogen (secondary N) is 2. The van der Waals surface area contributed by atoms with E-state index in [9.17, 15) is 0 Å². The van der Waals surface area contributed by atoms with Crippen LogP contribution < -0.4 is 20.1 Å². The molecule has 0 aliphatic carbocycles. The molecule has 0 spiro atoms. The molecule has 6 heteroatoms. The Morgan fingerprint density at radius 2 is 1.87 bits per heavy atom. The van der Waals surface area contributed by atoms with Crippen LogP contribution in [0.15, 0.2) is 71.6 Å². The topological polar surface area (TPSA) is 51.8 Å². The van der Waals surface area contributed by atoms with Crippen LogP contribution in [0.25, 0.3) is 0 Å². The Labute approximate surface area is 189 Å². The number of anilines is 1. The van der Waals surface area contributed by atoms with E-state index in [0.29, 0.717) is 13.2 Å². The van der Waals surface area contributed by atoms with Crippen molar-refractivity contribution in [2.24, 2.45) is 0 Å². The van der Waals surface area contributed by atoms with Gasteiger partial charge >= 0.3 is 0 Å². The molecule has 0 bridgehead atoms. The zero-order valence-corrected chi connectivity index (χ0v) is 18.7. The molecule has 0 aromatic heterocycles. The lowest BCUT2D eigenvalue weighted by atomic mass is 9.98. The average molecular weight is 437 g/mol. The van der Waals surface area contributed by atoms with Crippen molar-refractivity contribution in [1.29, 1.82) is 0 Å². The smallest absolute Gasteiger partial charge is 0.141 e. The highest BCUT2D eigenvalue weighted by molar-refractivity contribution is 7.80. The first kappa shape index (κ1) is 21.6. The number of benzene rings is 3. The van der Waals surface area contributed by atoms with Gasteiger partial charge in [0.25, 0.3) is 0 Å². The molecular formula is C25H28N2O3S. The molecule has 31 heavy (non-hydrogen) atoms. The largest absolute Gasteiger partial charge is 0.495 e. The zero-order chi connectivity index (χ0) is 21.6. The number of fused-ring (bicyclic) bond motifs is 1. The number of hydrogen-bond donors (Lipinski definition) is 3. The molecule has 3 aromatic rings. The van der Waals surface area contributed by atoms with E-state index >= 15 is 0 Å². The minimum absolute atomic E-state index is 0.155. The Morgan fingerprint density at radius 3 is 2.65 bits per heavy atom. The number of ether oxygens (including phenoxy) is 3. The molecule has 0 fully saturated rings. The van der Waals surface area contributed by atoms with Crippen LogP contribution >= 0.6 is 12.6 Å². The van der Waals surface area contributed by atoms with Crippen LogP contribution in [-0.2, 0) is 11.3 Å². The molecular weight excluding hydrogens is 408 g/mol. The minimum atomic E-state index is -0.230. The van der Waals surface area contributed by atoms with Crippen molar-refractivity contribution in [3.05, 3.63) is 83.4 Å². The van der Waals surface area contributed by atoms with Crippen molar-refractivity contribution in [3.8, 4) is 11.5 Å². The summed E-state index contributed by atoms with van der Waals surface area (Å²) in [6.45, 7) is 1.35. The molecule has 5 nitrogen and oxygen atoms in total. The van der Waals surface area contributed by atoms with Crippen LogP contribution in [0.5, 0.6) is 11.5 Å². The van der Waals surface area contributed by atoms with Gasteiger partial charge in [0.15, 0.2) is 0 Å². The van der Waals surface area contributed by atoms with E-state index in [4.69, 9.17) is 14.2 Å². The maximum Gasteiger partial charge on any atom is 0.141 e. The van der Waals surface area contributed by atoms with Gasteiger partial charge in [-0.2, -0.15) is 0 Å². The first-order chi connectivity index (χ1) is 15.2. The first-order valence-electron chi connectivity index (χ1n) is 10.4. The van der Waals surface area contributed by atoms with E-state index in [1.807, 2.05) is 36.4 Å². The van der Waals surface area contributed by atoms with Crippen molar-refractivity contribution in [3.63, 3.8) is 0 Å². The Hall–Kier alpha value is -2.67. The van der Waals surface area contributed by atoms with Gasteiger partial charge in [0.2, 0.25) is 0 Å². The van der Waals surface area contributed by atoms with Gasteiger partial charge in [-0.25, -0.2) is 0 Å². The van der Waals surface area contributed by atoms with Crippen molar-refractivity contribution >= 4 is 18.3 Å². The molecule has 4 rings (SSSR count). The summed E-state index contributed by atoms with van der Waals surface area (Å²) in [6, 6.07) is 22.5. The second-order valence-corrected chi connectivity index (χ2v) is 8.01. The lowest BCUT2D eigenvalue weighted by molar-refractivity contribution is 0.0717. The third-order valence-electron chi connectivity index (χ3n) is 5.48. The van der Waals surface area contributed by atoms with E-state index in [1.54, 1.807) is 14.2 Å². The average Bonchev–Trinajstić information content (AvgIpc) is 2.81. The normalized spacial score (nSPS) is 16.2. The van der Waals surface area contributed by atoms with Crippen LogP contribution in [0.4, 0.5) is 5.69 Å². The van der Waals surface area contributed by atoms with Gasteiger partial charge in [0, 0.05) is 30.5 Å². The maximum absolute atomic E-state index is 6.00. The van der Waals surface area contributed by atoms with Crippen molar-refractivity contribution < 1.29 is 14.2 Å². The number of para-hydroxylation sites is 2. The number of methoxy groups -OCH3 is 2. The number of hydrogen-bond acceptors (Lipinski definition) is 6. The van der Waals surface area contributed by atoms with Crippen LogP contribution in [0.1, 0.15) is 35.4 Å². The Kier molecular flexibility index (Phi) is 7.02. The van der Waals surface area contributed by atoms with Crippen molar-refractivity contribution in [2.75, 3.05) is 26.1 Å². The molecule has 2 unspecified atom stereocenters. The van der Waals surface area contributed by atoms with Gasteiger partial charge in [-0.15, -0.1) is 12.6 Å². The number of rotatable bonds is 8. The molecule has 2 atom stereocenters. The van der Waals surface area contributed by atoms with E-state index in [0.717, 1.165) is 39.6 Å². The van der Waals surface area contributed by atoms with Crippen LogP contribution in [0.2, 0.25) is 0 Å². The summed E-state index contributed by atoms with van der Waals surface area (Å²) in [5, 5.41) is 7.07. The first-order valence-corrected chi connectivity index (χ1v) is 10.8. The highest BCUT2D eigenvalue weighted by Crippen LogP contribution is 2.38. The second-order valence-electron chi connectivity index (χ2n) is 7.49. The molecule has 1 aliphatic rings. The zero-order valence-electron chi connectivity index (χ0n) is 17.8. The summed E-state index contributed by atoms with van der Waals surface area (Å²) >= 11 is 4.34. The molecule has 0 radical (unpaired) electrons. The second kappa shape index (κ2) is 10.1. The molecule has 3 aromatic carbocycles. The lowest BCUT2D eigenvalue weighted by Gasteiger charge is -2.29. The van der Waals surface area contributed by atoms with Gasteiger partial charge in [-0.3, -0.25) is 5.32 Å². The molecule has 0 amide bonds. The van der Waals surface area contributed by atoms with Gasteiger partial charge in [0.1, 0.15) is 17.7 Å². The van der Waals surface area contributed by atoms with Crippen LogP contribution in [0.3, 0.4) is 0 Å². The van der Waals surface area contributed by atoms with Gasteiger partial charge in [-0.1, -0.05) is 36.4 Å². The standard InChI is InChI=1S/C25H28N2O3S/c1-28-23-6-4-3-5-22(23)27-21-13-14-30-24-15-18(9-12-20(21)24)25(29-2)26-16-17-7-10-19(31)11-8-17/h3-12,15,21,25-27,31H,13-14,16H2,1-2H3. The molecule has 0 saturated heterocycles. The predicted octanol–water partition coefficient (Wildman–Crippen LogP) is 5.35. The van der Waals surface area contributed by atoms with E-state index < -0.39 is 0 Å². The Bertz CT molecular complexity index is 1010. The summed E-state index contributed by atoms with van der Waals surface area (Å²) in [6.07, 6.45) is 0.657. The summed E-state index contributed by atoms with van der Waals surface area (Å²) in [7, 11) is 3.40. The fourth-order valence-corrected chi connectivity index (χ4v) is 3.98. The maximum atomic E-state index is 6.00. The quantitative estimate of drug-likeness (QED) is 0.328. The Balaban J connectivity index is 1.49. The van der Waals surface area contributed by atoms with E-state index in [2.05, 4.69) is 53.6 Å². The molecule has 0 saturated carbocycles. The highest BCUT2D eigenvalue weighted by atomic mass is 32.1. The van der Waals surface area contributed by atoms with Crippen molar-refractivity contribution in [2.45, 2.75) is 30.1 Å². The lowest BCUT2D eigenvalue weighted by Crippen LogP contribution is -2.24. The monoisotopic (exact) mass is 436 g/mol. The highest BCUT2D eigenvalue weighted by Gasteiger charge is 2.24. The summed E-state index contributed by atoms with van der Waals surface area (Å²) < 4.78 is 17.2. The molecule has 2 N–H and O–H groups in total. The van der Waals surface area contributed by atoms with E-state index in [1.165, 1.54) is 5.56 Å². The van der Waals surface area contributed by atoms with Gasteiger partial charge in [-0.05, 0) is 41.5 Å². The summed E-state index contributed by atoms with van der Waals surface area (Å²) in [5.41, 5.74) is 4.33. The number of thiol groups is 1. The molecule has 162 valence electrons. The van der Waals surface area contributed by atoms with Gasteiger partial charge in [0.05, 0.1) is 25.4 Å². The van der Waals surface area contributed by atoms with Gasteiger partial charge < -0.3 is 19.5 Å². The fourth-order valence-electron chi connectivity index (χ4n) is 3.83. The van der Waals surface area contributed by atoms with Crippen LogP contribution in [0, 0.1) is 0 Å². The predicted molar refractivity (Wildman–Crippen MR) is 126 cm³/mol. The Morgan fingerprint density at radius 1 is 1.06 bits per heavy atom. The summed E-state index contributed by atoms with van der Waals surface area (Å²) in [5.74, 6) is 1.72. The van der Waals surface area contributed by atoms with Crippen molar-refractivity contribution in [1.82, 2.24) is 5.32 Å².